The Bertz CT molecular complexity index is 490. The molecule has 1 aliphatic heterocycles. The molecule has 102 valence electrons. The molecule has 0 spiro atoms. The summed E-state index contributed by atoms with van der Waals surface area (Å²) in [7, 11) is 1.52. The van der Waals surface area contributed by atoms with Crippen molar-refractivity contribution in [1.29, 1.82) is 0 Å². The zero-order valence-electron chi connectivity index (χ0n) is 11.0. The van der Waals surface area contributed by atoms with Gasteiger partial charge in [0.2, 0.25) is 17.7 Å². The maximum atomic E-state index is 12.2. The molecule has 1 N–H and O–H groups in total. The maximum Gasteiger partial charge on any atom is 0.246 e. The number of nitrogens with zero attached hydrogens (tertiary/aromatic N) is 2. The Morgan fingerprint density at radius 2 is 2.32 bits per heavy atom. The molecule has 1 aliphatic rings. The van der Waals surface area contributed by atoms with Crippen molar-refractivity contribution in [2.24, 2.45) is 0 Å². The number of hydrogen-bond acceptors (Lipinski definition) is 5. The van der Waals surface area contributed by atoms with Crippen LogP contribution in [-0.4, -0.2) is 41.4 Å². The highest BCUT2D eigenvalue weighted by atomic mass is 16.5. The van der Waals surface area contributed by atoms with Gasteiger partial charge in [-0.1, -0.05) is 13.0 Å². The van der Waals surface area contributed by atoms with Crippen LogP contribution in [0.3, 0.4) is 0 Å². The van der Waals surface area contributed by atoms with Gasteiger partial charge >= 0.3 is 0 Å². The summed E-state index contributed by atoms with van der Waals surface area (Å²) in [6.07, 6.45) is 2.27. The van der Waals surface area contributed by atoms with Gasteiger partial charge in [0.05, 0.1) is 26.2 Å². The lowest BCUT2D eigenvalue weighted by atomic mass is 10.1. The van der Waals surface area contributed by atoms with Gasteiger partial charge in [0.1, 0.15) is 0 Å². The molecular weight excluding hydrogens is 246 g/mol. The van der Waals surface area contributed by atoms with E-state index in [0.717, 1.165) is 5.56 Å². The first-order chi connectivity index (χ1) is 9.17. The highest BCUT2D eigenvalue weighted by Crippen LogP contribution is 2.18. The Hall–Kier alpha value is -1.95. The fourth-order valence-electron chi connectivity index (χ4n) is 2.09. The molecule has 1 aromatic rings. The topological polar surface area (TPSA) is 71.5 Å². The third-order valence-corrected chi connectivity index (χ3v) is 3.14. The average molecular weight is 263 g/mol. The molecule has 1 saturated heterocycles. The van der Waals surface area contributed by atoms with Crippen molar-refractivity contribution in [2.45, 2.75) is 25.9 Å². The lowest BCUT2D eigenvalue weighted by molar-refractivity contribution is -0.150. The smallest absolute Gasteiger partial charge is 0.246 e. The van der Waals surface area contributed by atoms with Crippen LogP contribution in [0.25, 0.3) is 0 Å². The van der Waals surface area contributed by atoms with Gasteiger partial charge < -0.3 is 4.74 Å². The van der Waals surface area contributed by atoms with Gasteiger partial charge in [0, 0.05) is 11.8 Å². The monoisotopic (exact) mass is 263 g/mol. The molecule has 1 fully saturated rings. The summed E-state index contributed by atoms with van der Waals surface area (Å²) in [5.41, 5.74) is 0.725. The number of aromatic nitrogens is 1. The number of methoxy groups -OCH3 is 1. The first-order valence-corrected chi connectivity index (χ1v) is 6.22. The van der Waals surface area contributed by atoms with Crippen molar-refractivity contribution in [3.05, 3.63) is 23.9 Å². The highest BCUT2D eigenvalue weighted by molar-refractivity contribution is 6.01. The van der Waals surface area contributed by atoms with Crippen molar-refractivity contribution < 1.29 is 14.3 Å². The van der Waals surface area contributed by atoms with E-state index in [-0.39, 0.29) is 30.9 Å². The van der Waals surface area contributed by atoms with Gasteiger partial charge in [-0.05, 0) is 12.5 Å². The molecule has 0 bridgehead atoms. The molecule has 0 saturated carbocycles. The second-order valence-electron chi connectivity index (χ2n) is 4.33. The summed E-state index contributed by atoms with van der Waals surface area (Å²) in [5, 5.41) is 2.93. The van der Waals surface area contributed by atoms with Crippen LogP contribution in [0, 0.1) is 0 Å². The minimum atomic E-state index is -0.291. The molecular formula is C13H17N3O3. The van der Waals surface area contributed by atoms with Gasteiger partial charge in [-0.2, -0.15) is 0 Å². The Morgan fingerprint density at radius 1 is 1.53 bits per heavy atom. The van der Waals surface area contributed by atoms with E-state index in [1.807, 2.05) is 6.92 Å². The predicted octanol–water partition coefficient (Wildman–Crippen LogP) is 0.327. The number of nitrogens with one attached hydrogen (secondary N) is 1. The van der Waals surface area contributed by atoms with Gasteiger partial charge in [-0.3, -0.25) is 19.8 Å². The number of amides is 2. The second-order valence-corrected chi connectivity index (χ2v) is 4.33. The first-order valence-electron chi connectivity index (χ1n) is 6.22. The summed E-state index contributed by atoms with van der Waals surface area (Å²) in [6, 6.07) is 3.27. The first kappa shape index (κ1) is 13.5. The fraction of sp³-hybridized carbons (Fsp3) is 0.462. The van der Waals surface area contributed by atoms with Gasteiger partial charge in [0.15, 0.2) is 0 Å². The van der Waals surface area contributed by atoms with Crippen molar-refractivity contribution in [2.75, 3.05) is 13.7 Å². The fourth-order valence-corrected chi connectivity index (χ4v) is 2.09. The predicted molar refractivity (Wildman–Crippen MR) is 68.4 cm³/mol. The zero-order valence-corrected chi connectivity index (χ0v) is 11.0. The Kier molecular flexibility index (Phi) is 4.11. The van der Waals surface area contributed by atoms with E-state index in [1.54, 1.807) is 18.3 Å². The minimum Gasteiger partial charge on any atom is -0.481 e. The lowest BCUT2D eigenvalue weighted by Gasteiger charge is -2.31. The number of pyridine rings is 1. The number of carbonyl (C=O) groups excluding carboxylic acids is 2. The quantitative estimate of drug-likeness (QED) is 0.792. The van der Waals surface area contributed by atoms with E-state index in [9.17, 15) is 9.59 Å². The number of carbonyl (C=O) groups is 2. The molecule has 6 nitrogen and oxygen atoms in total. The van der Waals surface area contributed by atoms with Crippen LogP contribution in [0.4, 0.5) is 0 Å². The molecule has 1 unspecified atom stereocenters. The number of ether oxygens (including phenoxy) is 1. The van der Waals surface area contributed by atoms with Crippen LogP contribution in [0.1, 0.15) is 18.9 Å². The zero-order chi connectivity index (χ0) is 13.8. The molecule has 19 heavy (non-hydrogen) atoms. The van der Waals surface area contributed by atoms with Crippen molar-refractivity contribution in [1.82, 2.24) is 15.2 Å². The summed E-state index contributed by atoms with van der Waals surface area (Å²) in [5.74, 6) is 0.0277. The molecule has 0 radical (unpaired) electrons. The summed E-state index contributed by atoms with van der Waals surface area (Å²) >= 11 is 0. The van der Waals surface area contributed by atoms with E-state index in [2.05, 4.69) is 10.3 Å². The molecule has 1 atom stereocenters. The van der Waals surface area contributed by atoms with Crippen LogP contribution in [0.15, 0.2) is 18.3 Å². The minimum absolute atomic E-state index is 0.187. The molecule has 0 aliphatic carbocycles. The van der Waals surface area contributed by atoms with Crippen LogP contribution >= 0.6 is 0 Å². The van der Waals surface area contributed by atoms with Crippen molar-refractivity contribution >= 4 is 11.8 Å². The van der Waals surface area contributed by atoms with E-state index in [1.165, 1.54) is 12.0 Å². The van der Waals surface area contributed by atoms with Crippen LogP contribution in [-0.2, 0) is 16.1 Å². The summed E-state index contributed by atoms with van der Waals surface area (Å²) < 4.78 is 5.13. The summed E-state index contributed by atoms with van der Waals surface area (Å²) in [4.78, 5) is 29.3. The van der Waals surface area contributed by atoms with Crippen molar-refractivity contribution in [3.63, 3.8) is 0 Å². The average Bonchev–Trinajstić information content (AvgIpc) is 2.44. The second kappa shape index (κ2) is 5.79. The van der Waals surface area contributed by atoms with Gasteiger partial charge in [0.25, 0.3) is 0 Å². The van der Waals surface area contributed by atoms with Gasteiger partial charge in [-0.25, -0.2) is 4.98 Å². The van der Waals surface area contributed by atoms with E-state index in [4.69, 9.17) is 4.74 Å². The molecule has 1 aromatic heterocycles. The molecule has 2 amide bonds. The van der Waals surface area contributed by atoms with Crippen LogP contribution in [0.2, 0.25) is 0 Å². The number of imide groups is 1. The lowest BCUT2D eigenvalue weighted by Crippen LogP contribution is -2.57. The summed E-state index contributed by atoms with van der Waals surface area (Å²) in [6.45, 7) is 2.30. The van der Waals surface area contributed by atoms with Gasteiger partial charge in [-0.15, -0.1) is 0 Å². The Balaban J connectivity index is 2.20. The third kappa shape index (κ3) is 2.73. The largest absolute Gasteiger partial charge is 0.481 e. The standard InChI is InChI=1S/C13H17N3O3/c1-3-10-13(18)16(11(17)7-15-10)8-9-5-4-6-14-12(9)19-2/h4-6,10,15H,3,7-8H2,1-2H3. The van der Waals surface area contributed by atoms with Crippen LogP contribution < -0.4 is 10.1 Å². The Morgan fingerprint density at radius 3 is 3.00 bits per heavy atom. The molecule has 6 heteroatoms. The molecule has 2 rings (SSSR count). The normalized spacial score (nSPS) is 19.7. The van der Waals surface area contributed by atoms with E-state index < -0.39 is 0 Å². The number of hydrogen-bond donors (Lipinski definition) is 1. The van der Waals surface area contributed by atoms with E-state index >= 15 is 0 Å². The van der Waals surface area contributed by atoms with Crippen LogP contribution in [0.5, 0.6) is 5.88 Å². The SMILES string of the molecule is CCC1NCC(=O)N(Cc2cccnc2OC)C1=O. The maximum absolute atomic E-state index is 12.2. The van der Waals surface area contributed by atoms with E-state index in [0.29, 0.717) is 12.3 Å². The number of piperazine rings is 1. The number of rotatable bonds is 4. The third-order valence-electron chi connectivity index (χ3n) is 3.14. The highest BCUT2D eigenvalue weighted by Gasteiger charge is 2.33. The Labute approximate surface area is 111 Å². The molecule has 2 heterocycles. The molecule has 0 aromatic carbocycles. The van der Waals surface area contributed by atoms with Crippen molar-refractivity contribution in [3.8, 4) is 5.88 Å².